The van der Waals surface area contributed by atoms with Gasteiger partial charge in [0.15, 0.2) is 5.82 Å². The highest BCUT2D eigenvalue weighted by molar-refractivity contribution is 7.89. The van der Waals surface area contributed by atoms with E-state index in [1.807, 2.05) is 19.1 Å². The number of aromatic nitrogens is 2. The van der Waals surface area contributed by atoms with Gasteiger partial charge in [-0.05, 0) is 44.7 Å². The van der Waals surface area contributed by atoms with Gasteiger partial charge in [0.05, 0.1) is 24.5 Å². The number of ether oxygens (including phenoxy) is 1. The minimum absolute atomic E-state index is 0.124. The van der Waals surface area contributed by atoms with Crippen molar-refractivity contribution in [2.45, 2.75) is 32.3 Å². The summed E-state index contributed by atoms with van der Waals surface area (Å²) < 4.78 is 31.7. The molecule has 23 heavy (non-hydrogen) atoms. The van der Waals surface area contributed by atoms with E-state index in [1.165, 1.54) is 0 Å². The van der Waals surface area contributed by atoms with E-state index in [0.29, 0.717) is 12.5 Å². The third kappa shape index (κ3) is 3.49. The molecule has 1 aromatic rings. The molecule has 3 heterocycles. The van der Waals surface area contributed by atoms with E-state index >= 15 is 0 Å². The molecule has 2 aliphatic heterocycles. The number of hydrogen-bond donors (Lipinski definition) is 1. The van der Waals surface area contributed by atoms with Crippen LogP contribution in [0.3, 0.4) is 0 Å². The summed E-state index contributed by atoms with van der Waals surface area (Å²) in [6.45, 7) is 6.40. The normalized spacial score (nSPS) is 23.2. The van der Waals surface area contributed by atoms with Gasteiger partial charge in [0, 0.05) is 13.2 Å². The van der Waals surface area contributed by atoms with Crippen molar-refractivity contribution in [3.05, 3.63) is 17.8 Å². The maximum atomic E-state index is 11.5. The smallest absolute Gasteiger partial charge is 0.211 e. The lowest BCUT2D eigenvalue weighted by atomic mass is 9.79. The molecule has 2 fully saturated rings. The fraction of sp³-hybridized carbons (Fsp3) is 0.733. The van der Waals surface area contributed by atoms with Gasteiger partial charge in [0.1, 0.15) is 5.60 Å². The zero-order chi connectivity index (χ0) is 16.5. The molecule has 2 aliphatic rings. The summed E-state index contributed by atoms with van der Waals surface area (Å²) in [6, 6.07) is 3.94. The maximum absolute atomic E-state index is 11.5. The van der Waals surface area contributed by atoms with Gasteiger partial charge in [-0.15, -0.1) is 5.10 Å². The van der Waals surface area contributed by atoms with Gasteiger partial charge in [0.2, 0.25) is 10.0 Å². The highest BCUT2D eigenvalue weighted by atomic mass is 32.2. The molecule has 0 aliphatic carbocycles. The van der Waals surface area contributed by atoms with Crippen LogP contribution >= 0.6 is 0 Å². The second kappa shape index (κ2) is 6.33. The highest BCUT2D eigenvalue weighted by Crippen LogP contribution is 2.42. The Morgan fingerprint density at radius 1 is 1.39 bits per heavy atom. The fourth-order valence-corrected chi connectivity index (χ4v) is 3.99. The molecule has 0 radical (unpaired) electrons. The summed E-state index contributed by atoms with van der Waals surface area (Å²) in [5, 5.41) is 8.31. The van der Waals surface area contributed by atoms with Crippen LogP contribution in [0.25, 0.3) is 0 Å². The van der Waals surface area contributed by atoms with Gasteiger partial charge in [-0.1, -0.05) is 0 Å². The third-order valence-electron chi connectivity index (χ3n) is 4.82. The Labute approximate surface area is 137 Å². The molecule has 0 unspecified atom stereocenters. The second-order valence-electron chi connectivity index (χ2n) is 6.37. The van der Waals surface area contributed by atoms with Crippen LogP contribution in [0.5, 0.6) is 0 Å². The standard InChI is InChI=1S/C15H24N4O3S/c1-3-23(20,21)16-8-6-13-7-9-22-15(13)10-19(11-15)14-5-4-12(2)17-18-14/h4-5,13,16H,3,6-11H2,1-2H3/t13-/m1/s1. The van der Waals surface area contributed by atoms with Crippen LogP contribution in [0.15, 0.2) is 12.1 Å². The van der Waals surface area contributed by atoms with Gasteiger partial charge < -0.3 is 9.64 Å². The van der Waals surface area contributed by atoms with E-state index in [0.717, 1.165) is 44.0 Å². The van der Waals surface area contributed by atoms with E-state index in [1.54, 1.807) is 6.92 Å². The summed E-state index contributed by atoms with van der Waals surface area (Å²) in [5.41, 5.74) is 0.756. The number of hydrogen-bond acceptors (Lipinski definition) is 6. The largest absolute Gasteiger partial charge is 0.371 e. The second-order valence-corrected chi connectivity index (χ2v) is 8.47. The Morgan fingerprint density at radius 2 is 2.17 bits per heavy atom. The quantitative estimate of drug-likeness (QED) is 0.821. The first-order valence-corrected chi connectivity index (χ1v) is 9.76. The van der Waals surface area contributed by atoms with Crippen molar-refractivity contribution in [1.82, 2.24) is 14.9 Å². The predicted molar refractivity (Wildman–Crippen MR) is 87.9 cm³/mol. The average molecular weight is 340 g/mol. The van der Waals surface area contributed by atoms with E-state index in [9.17, 15) is 8.42 Å². The Bertz CT molecular complexity index is 641. The molecular formula is C15H24N4O3S. The lowest BCUT2D eigenvalue weighted by Gasteiger charge is -2.50. The van der Waals surface area contributed by atoms with Gasteiger partial charge in [0.25, 0.3) is 0 Å². The molecule has 7 nitrogen and oxygen atoms in total. The van der Waals surface area contributed by atoms with Crippen LogP contribution in [0.1, 0.15) is 25.5 Å². The molecule has 0 amide bonds. The molecule has 2 saturated heterocycles. The number of rotatable bonds is 6. The number of sulfonamides is 1. The Hall–Kier alpha value is -1.25. The highest BCUT2D eigenvalue weighted by Gasteiger charge is 2.53. The monoisotopic (exact) mass is 340 g/mol. The van der Waals surface area contributed by atoms with E-state index in [-0.39, 0.29) is 11.4 Å². The Balaban J connectivity index is 1.55. The van der Waals surface area contributed by atoms with Crippen molar-refractivity contribution in [1.29, 1.82) is 0 Å². The summed E-state index contributed by atoms with van der Waals surface area (Å²) in [7, 11) is -3.11. The summed E-state index contributed by atoms with van der Waals surface area (Å²) in [5.74, 6) is 1.39. The molecule has 1 spiro atoms. The van der Waals surface area contributed by atoms with Crippen LogP contribution < -0.4 is 9.62 Å². The van der Waals surface area contributed by atoms with Crippen molar-refractivity contribution >= 4 is 15.8 Å². The maximum Gasteiger partial charge on any atom is 0.211 e. The first-order valence-electron chi connectivity index (χ1n) is 8.11. The van der Waals surface area contributed by atoms with Gasteiger partial charge in [-0.3, -0.25) is 0 Å². The minimum atomic E-state index is -3.11. The van der Waals surface area contributed by atoms with E-state index in [2.05, 4.69) is 19.8 Å². The van der Waals surface area contributed by atoms with Crippen LogP contribution in [-0.2, 0) is 14.8 Å². The number of nitrogens with zero attached hydrogens (tertiary/aromatic N) is 3. The number of aryl methyl sites for hydroxylation is 1. The summed E-state index contributed by atoms with van der Waals surface area (Å²) >= 11 is 0. The molecule has 0 aromatic carbocycles. The van der Waals surface area contributed by atoms with E-state index < -0.39 is 10.0 Å². The molecule has 0 bridgehead atoms. The summed E-state index contributed by atoms with van der Waals surface area (Å²) in [4.78, 5) is 2.17. The van der Waals surface area contributed by atoms with Gasteiger partial charge in [-0.25, -0.2) is 13.1 Å². The van der Waals surface area contributed by atoms with E-state index in [4.69, 9.17) is 4.74 Å². The number of nitrogens with one attached hydrogen (secondary N) is 1. The SMILES string of the molecule is CCS(=O)(=O)NCC[C@@H]1CCOC12CN(c1ccc(C)nn1)C2. The topological polar surface area (TPSA) is 84.4 Å². The van der Waals surface area contributed by atoms with Crippen LogP contribution in [-0.4, -0.2) is 56.2 Å². The lowest BCUT2D eigenvalue weighted by molar-refractivity contribution is -0.0454. The Kier molecular flexibility index (Phi) is 4.57. The third-order valence-corrected chi connectivity index (χ3v) is 6.22. The predicted octanol–water partition coefficient (Wildman–Crippen LogP) is 0.710. The molecule has 128 valence electrons. The Morgan fingerprint density at radius 3 is 2.83 bits per heavy atom. The van der Waals surface area contributed by atoms with Crippen molar-refractivity contribution < 1.29 is 13.2 Å². The molecule has 3 rings (SSSR count). The van der Waals surface area contributed by atoms with Crippen molar-refractivity contribution in [2.24, 2.45) is 5.92 Å². The average Bonchev–Trinajstić information content (AvgIpc) is 2.90. The zero-order valence-electron chi connectivity index (χ0n) is 13.7. The lowest BCUT2D eigenvalue weighted by Crippen LogP contribution is -2.65. The van der Waals surface area contributed by atoms with Crippen molar-refractivity contribution in [3.63, 3.8) is 0 Å². The van der Waals surface area contributed by atoms with Crippen molar-refractivity contribution in [3.8, 4) is 0 Å². The molecule has 8 heteroatoms. The number of anilines is 1. The fourth-order valence-electron chi connectivity index (χ4n) is 3.36. The molecule has 1 N–H and O–H groups in total. The molecule has 1 atom stereocenters. The van der Waals surface area contributed by atoms with Crippen LogP contribution in [0, 0.1) is 12.8 Å². The minimum Gasteiger partial charge on any atom is -0.371 e. The summed E-state index contributed by atoms with van der Waals surface area (Å²) in [6.07, 6.45) is 1.80. The molecular weight excluding hydrogens is 316 g/mol. The first kappa shape index (κ1) is 16.6. The zero-order valence-corrected chi connectivity index (χ0v) is 14.5. The first-order chi connectivity index (χ1) is 10.9. The van der Waals surface area contributed by atoms with Gasteiger partial charge in [-0.2, -0.15) is 5.10 Å². The molecule has 1 aromatic heterocycles. The van der Waals surface area contributed by atoms with Crippen LogP contribution in [0.4, 0.5) is 5.82 Å². The van der Waals surface area contributed by atoms with Gasteiger partial charge >= 0.3 is 0 Å². The van der Waals surface area contributed by atoms with Crippen molar-refractivity contribution in [2.75, 3.05) is 36.9 Å². The van der Waals surface area contributed by atoms with Crippen LogP contribution in [0.2, 0.25) is 0 Å². The molecule has 0 saturated carbocycles.